The molecule has 0 bridgehead atoms. The van der Waals surface area contributed by atoms with Crippen molar-refractivity contribution in [2.45, 2.75) is 23.2 Å². The van der Waals surface area contributed by atoms with E-state index in [1.807, 2.05) is 0 Å². The largest absolute Gasteiger partial charge is 0.573 e. The zero-order chi connectivity index (χ0) is 23.1. The average molecular weight is 499 g/mol. The summed E-state index contributed by atoms with van der Waals surface area (Å²) in [6.07, 6.45) is -3.73. The second-order valence-corrected chi connectivity index (χ2v) is 11.2. The number of halogens is 4. The Morgan fingerprint density at radius 2 is 1.61 bits per heavy atom. The molecule has 1 N–H and O–H groups in total. The van der Waals surface area contributed by atoms with Gasteiger partial charge in [-0.1, -0.05) is 23.7 Å². The van der Waals surface area contributed by atoms with E-state index in [1.54, 1.807) is 24.3 Å². The predicted octanol–water partition coefficient (Wildman–Crippen LogP) is 3.08. The fourth-order valence-corrected chi connectivity index (χ4v) is 5.76. The quantitative estimate of drug-likeness (QED) is 0.660. The maximum atomic E-state index is 13.0. The van der Waals surface area contributed by atoms with Gasteiger partial charge >= 0.3 is 6.36 Å². The van der Waals surface area contributed by atoms with Crippen molar-refractivity contribution in [3.05, 3.63) is 59.1 Å². The lowest BCUT2D eigenvalue weighted by Crippen LogP contribution is -2.48. The van der Waals surface area contributed by atoms with Crippen LogP contribution in [-0.2, 0) is 25.6 Å². The zero-order valence-corrected chi connectivity index (χ0v) is 18.4. The zero-order valence-electron chi connectivity index (χ0n) is 16.1. The minimum Gasteiger partial charge on any atom is -0.406 e. The number of alkyl halides is 3. The molecule has 0 aromatic heterocycles. The highest BCUT2D eigenvalue weighted by Gasteiger charge is 2.45. The Balaban J connectivity index is 1.95. The van der Waals surface area contributed by atoms with Gasteiger partial charge in [-0.2, -0.15) is 9.03 Å². The van der Waals surface area contributed by atoms with Crippen molar-refractivity contribution in [2.75, 3.05) is 19.3 Å². The molecule has 3 rings (SSSR count). The Bertz CT molecular complexity index is 1150. The van der Waals surface area contributed by atoms with Crippen LogP contribution in [0.3, 0.4) is 0 Å². The SMILES string of the molecule is CS(=O)(=O)N1CC[C@](NS(=O)(=O)c2ccc(OC(F)(F)F)cc2)(c2ccc(Cl)cc2)C1. The molecular formula is C18H18ClF3N2O5S2. The number of hydrogen-bond donors (Lipinski definition) is 1. The molecule has 0 aliphatic carbocycles. The second-order valence-electron chi connectivity index (χ2n) is 7.06. The maximum absolute atomic E-state index is 13.0. The predicted molar refractivity (Wildman–Crippen MR) is 108 cm³/mol. The number of ether oxygens (including phenoxy) is 1. The van der Waals surface area contributed by atoms with Gasteiger partial charge < -0.3 is 4.74 Å². The van der Waals surface area contributed by atoms with Crippen LogP contribution in [0.25, 0.3) is 0 Å². The molecular weight excluding hydrogens is 481 g/mol. The molecule has 1 atom stereocenters. The number of rotatable bonds is 6. The lowest BCUT2D eigenvalue weighted by Gasteiger charge is -2.31. The Morgan fingerprint density at radius 3 is 2.10 bits per heavy atom. The molecule has 0 amide bonds. The molecule has 1 aliphatic rings. The maximum Gasteiger partial charge on any atom is 0.573 e. The molecule has 0 unspecified atom stereocenters. The van der Waals surface area contributed by atoms with Crippen LogP contribution in [0, 0.1) is 0 Å². The Morgan fingerprint density at radius 1 is 1.03 bits per heavy atom. The number of nitrogens with one attached hydrogen (secondary N) is 1. The van der Waals surface area contributed by atoms with Gasteiger partial charge in [0.2, 0.25) is 20.0 Å². The van der Waals surface area contributed by atoms with Crippen molar-refractivity contribution >= 4 is 31.6 Å². The minimum atomic E-state index is -4.91. The van der Waals surface area contributed by atoms with Crippen LogP contribution in [0.1, 0.15) is 12.0 Å². The summed E-state index contributed by atoms with van der Waals surface area (Å²) in [7, 11) is -7.81. The highest BCUT2D eigenvalue weighted by atomic mass is 35.5. The van der Waals surface area contributed by atoms with Gasteiger partial charge in [-0.15, -0.1) is 13.2 Å². The highest BCUT2D eigenvalue weighted by molar-refractivity contribution is 7.89. The summed E-state index contributed by atoms with van der Waals surface area (Å²) in [6.45, 7) is -0.0652. The molecule has 2 aromatic carbocycles. The van der Waals surface area contributed by atoms with Crippen LogP contribution >= 0.6 is 11.6 Å². The van der Waals surface area contributed by atoms with E-state index in [4.69, 9.17) is 11.6 Å². The van der Waals surface area contributed by atoms with E-state index in [0.29, 0.717) is 10.6 Å². The molecule has 2 aromatic rings. The lowest BCUT2D eigenvalue weighted by molar-refractivity contribution is -0.274. The molecule has 1 saturated heterocycles. The topological polar surface area (TPSA) is 92.8 Å². The van der Waals surface area contributed by atoms with Gasteiger partial charge in [-0.05, 0) is 48.4 Å². The number of hydrogen-bond acceptors (Lipinski definition) is 5. The summed E-state index contributed by atoms with van der Waals surface area (Å²) in [5.41, 5.74) is -0.781. The summed E-state index contributed by atoms with van der Waals surface area (Å²) >= 11 is 5.92. The molecule has 31 heavy (non-hydrogen) atoms. The average Bonchev–Trinajstić information content (AvgIpc) is 3.06. The first-order valence-corrected chi connectivity index (χ1v) is 12.5. The van der Waals surface area contributed by atoms with Crippen molar-refractivity contribution in [2.24, 2.45) is 0 Å². The third-order valence-electron chi connectivity index (χ3n) is 4.80. The summed E-state index contributed by atoms with van der Waals surface area (Å²) < 4.78 is 94.5. The summed E-state index contributed by atoms with van der Waals surface area (Å²) in [4.78, 5) is -0.298. The van der Waals surface area contributed by atoms with E-state index in [1.165, 1.54) is 0 Å². The first-order valence-electron chi connectivity index (χ1n) is 8.81. The Labute approximate surface area is 182 Å². The second kappa shape index (κ2) is 8.24. The molecule has 1 fully saturated rings. The summed E-state index contributed by atoms with van der Waals surface area (Å²) in [5.74, 6) is -0.567. The van der Waals surface area contributed by atoms with E-state index < -0.39 is 37.7 Å². The summed E-state index contributed by atoms with van der Waals surface area (Å²) in [5, 5.41) is 0.417. The fraction of sp³-hybridized carbons (Fsp3) is 0.333. The van der Waals surface area contributed by atoms with Crippen LogP contribution in [0.4, 0.5) is 13.2 Å². The molecule has 170 valence electrons. The smallest absolute Gasteiger partial charge is 0.406 e. The first kappa shape index (κ1) is 23.8. The molecule has 1 aliphatic heterocycles. The van der Waals surface area contributed by atoms with E-state index >= 15 is 0 Å². The monoisotopic (exact) mass is 498 g/mol. The van der Waals surface area contributed by atoms with Gasteiger partial charge in [-0.25, -0.2) is 16.8 Å². The number of nitrogens with zero attached hydrogens (tertiary/aromatic N) is 1. The minimum absolute atomic E-state index is 0.0857. The van der Waals surface area contributed by atoms with E-state index in [9.17, 15) is 30.0 Å². The third-order valence-corrected chi connectivity index (χ3v) is 7.85. The van der Waals surface area contributed by atoms with Crippen molar-refractivity contribution in [1.82, 2.24) is 9.03 Å². The fourth-order valence-electron chi connectivity index (χ4n) is 3.34. The van der Waals surface area contributed by atoms with Gasteiger partial charge in [0.05, 0.1) is 16.7 Å². The molecule has 1 heterocycles. The molecule has 0 spiro atoms. The van der Waals surface area contributed by atoms with Crippen LogP contribution in [0.15, 0.2) is 53.4 Å². The van der Waals surface area contributed by atoms with Crippen LogP contribution in [0.5, 0.6) is 5.75 Å². The molecule has 0 saturated carbocycles. The summed E-state index contributed by atoms with van der Waals surface area (Å²) in [6, 6.07) is 10.0. The van der Waals surface area contributed by atoms with Crippen molar-refractivity contribution in [1.29, 1.82) is 0 Å². The van der Waals surface area contributed by atoms with Gasteiger partial charge in [0.1, 0.15) is 5.75 Å². The number of sulfonamides is 2. The van der Waals surface area contributed by atoms with E-state index in [2.05, 4.69) is 9.46 Å². The van der Waals surface area contributed by atoms with Gasteiger partial charge in [0.25, 0.3) is 0 Å². The van der Waals surface area contributed by atoms with Gasteiger partial charge in [-0.3, -0.25) is 0 Å². The molecule has 0 radical (unpaired) electrons. The van der Waals surface area contributed by atoms with Crippen LogP contribution < -0.4 is 9.46 Å². The standard InChI is InChI=1S/C18H18ClF3N2O5S2/c1-30(25,26)24-11-10-17(12-24,13-2-4-14(19)5-3-13)23-31(27,28)16-8-6-15(7-9-16)29-18(20,21)22/h2-9,23H,10-12H2,1H3/t17-/m1/s1. The van der Waals surface area contributed by atoms with E-state index in [-0.39, 0.29) is 24.4 Å². The lowest BCUT2D eigenvalue weighted by atomic mass is 9.90. The van der Waals surface area contributed by atoms with E-state index in [0.717, 1.165) is 34.8 Å². The highest BCUT2D eigenvalue weighted by Crippen LogP contribution is 2.36. The third kappa shape index (κ3) is 5.69. The van der Waals surface area contributed by atoms with Crippen LogP contribution in [-0.4, -0.2) is 46.8 Å². The Hall–Kier alpha value is -1.86. The van der Waals surface area contributed by atoms with Crippen molar-refractivity contribution < 1.29 is 34.7 Å². The molecule has 7 nitrogen and oxygen atoms in total. The van der Waals surface area contributed by atoms with Crippen molar-refractivity contribution in [3.63, 3.8) is 0 Å². The number of benzene rings is 2. The van der Waals surface area contributed by atoms with Gasteiger partial charge in [0.15, 0.2) is 0 Å². The van der Waals surface area contributed by atoms with Gasteiger partial charge in [0, 0.05) is 18.1 Å². The Kier molecular flexibility index (Phi) is 6.33. The normalized spacial score (nSPS) is 20.7. The van der Waals surface area contributed by atoms with Crippen molar-refractivity contribution in [3.8, 4) is 5.75 Å². The first-order chi connectivity index (χ1) is 14.2. The van der Waals surface area contributed by atoms with Crippen LogP contribution in [0.2, 0.25) is 5.02 Å². The molecule has 13 heteroatoms.